The molecule has 0 unspecified atom stereocenters. The molecule has 1 N–H and O–H groups in total. The molecule has 0 amide bonds. The van der Waals surface area contributed by atoms with E-state index in [1.165, 1.54) is 25.7 Å². The van der Waals surface area contributed by atoms with Crippen molar-refractivity contribution in [3.05, 3.63) is 23.9 Å². The van der Waals surface area contributed by atoms with Crippen molar-refractivity contribution in [2.24, 2.45) is 0 Å². The van der Waals surface area contributed by atoms with E-state index < -0.39 is 0 Å². The maximum absolute atomic E-state index is 5.72. The number of pyridine rings is 1. The van der Waals surface area contributed by atoms with Gasteiger partial charge in [-0.3, -0.25) is 0 Å². The molecule has 0 aromatic carbocycles. The Morgan fingerprint density at radius 2 is 2.06 bits per heavy atom. The number of nitrogens with one attached hydrogen (secondary N) is 1. The van der Waals surface area contributed by atoms with Crippen molar-refractivity contribution in [3.8, 4) is 5.88 Å². The molecule has 1 aromatic heterocycles. The lowest BCUT2D eigenvalue weighted by atomic mass is 10.2. The Kier molecular flexibility index (Phi) is 7.39. The van der Waals surface area contributed by atoms with E-state index >= 15 is 0 Å². The van der Waals surface area contributed by atoms with Crippen LogP contribution >= 0.6 is 0 Å². The fourth-order valence-corrected chi connectivity index (χ4v) is 1.75. The highest BCUT2D eigenvalue weighted by atomic mass is 16.5. The minimum atomic E-state index is 0.775. The van der Waals surface area contributed by atoms with E-state index in [4.69, 9.17) is 4.74 Å². The average molecular weight is 236 g/mol. The second-order valence-corrected chi connectivity index (χ2v) is 4.26. The summed E-state index contributed by atoms with van der Waals surface area (Å²) in [6.45, 7) is 3.81. The van der Waals surface area contributed by atoms with Gasteiger partial charge in [0.05, 0.1) is 6.61 Å². The van der Waals surface area contributed by atoms with Gasteiger partial charge in [0.2, 0.25) is 5.88 Å². The van der Waals surface area contributed by atoms with Gasteiger partial charge in [0, 0.05) is 18.3 Å². The first kappa shape index (κ1) is 14.0. The number of nitrogens with zero attached hydrogens (tertiary/aromatic N) is 1. The molecule has 0 saturated heterocycles. The van der Waals surface area contributed by atoms with E-state index in [1.807, 2.05) is 13.1 Å². The van der Waals surface area contributed by atoms with E-state index in [2.05, 4.69) is 23.3 Å². The monoisotopic (exact) mass is 236 g/mol. The molecule has 1 aromatic rings. The lowest BCUT2D eigenvalue weighted by molar-refractivity contribution is 0.289. The number of aromatic nitrogens is 1. The second-order valence-electron chi connectivity index (χ2n) is 4.26. The van der Waals surface area contributed by atoms with E-state index in [9.17, 15) is 0 Å². The van der Waals surface area contributed by atoms with Crippen LogP contribution in [0.5, 0.6) is 5.88 Å². The van der Waals surface area contributed by atoms with Crippen molar-refractivity contribution >= 4 is 0 Å². The van der Waals surface area contributed by atoms with E-state index in [-0.39, 0.29) is 0 Å². The summed E-state index contributed by atoms with van der Waals surface area (Å²) in [5, 5.41) is 3.12. The van der Waals surface area contributed by atoms with Gasteiger partial charge in [0.15, 0.2) is 0 Å². The van der Waals surface area contributed by atoms with Crippen molar-refractivity contribution in [2.75, 3.05) is 13.7 Å². The van der Waals surface area contributed by atoms with Crippen molar-refractivity contribution in [2.45, 2.75) is 45.6 Å². The topological polar surface area (TPSA) is 34.1 Å². The average Bonchev–Trinajstić information content (AvgIpc) is 2.36. The van der Waals surface area contributed by atoms with E-state index in [0.29, 0.717) is 0 Å². The van der Waals surface area contributed by atoms with Crippen molar-refractivity contribution in [1.29, 1.82) is 0 Å². The molecule has 0 spiro atoms. The minimum Gasteiger partial charge on any atom is -0.477 e. The van der Waals surface area contributed by atoms with Gasteiger partial charge in [-0.05, 0) is 19.5 Å². The number of unbranched alkanes of at least 4 members (excludes halogenated alkanes) is 4. The van der Waals surface area contributed by atoms with Gasteiger partial charge in [-0.25, -0.2) is 4.98 Å². The van der Waals surface area contributed by atoms with Crippen LogP contribution in [0.15, 0.2) is 18.3 Å². The van der Waals surface area contributed by atoms with Crippen LogP contribution in [-0.4, -0.2) is 18.6 Å². The SMILES string of the molecule is CCCCCCCOc1ncccc1CNC. The van der Waals surface area contributed by atoms with Gasteiger partial charge in [0.1, 0.15) is 0 Å². The van der Waals surface area contributed by atoms with E-state index in [1.54, 1.807) is 6.20 Å². The lowest BCUT2D eigenvalue weighted by Gasteiger charge is -2.09. The van der Waals surface area contributed by atoms with Crippen LogP contribution in [0.4, 0.5) is 0 Å². The molecule has 96 valence electrons. The van der Waals surface area contributed by atoms with Crippen molar-refractivity contribution in [1.82, 2.24) is 10.3 Å². The first-order chi connectivity index (χ1) is 8.38. The van der Waals surface area contributed by atoms with Crippen LogP contribution < -0.4 is 10.1 Å². The Hall–Kier alpha value is -1.09. The van der Waals surface area contributed by atoms with Crippen LogP contribution in [-0.2, 0) is 6.54 Å². The highest BCUT2D eigenvalue weighted by Crippen LogP contribution is 2.14. The van der Waals surface area contributed by atoms with Gasteiger partial charge in [-0.15, -0.1) is 0 Å². The third-order valence-corrected chi connectivity index (χ3v) is 2.70. The predicted molar refractivity (Wildman–Crippen MR) is 71.3 cm³/mol. The zero-order valence-corrected chi connectivity index (χ0v) is 11.0. The van der Waals surface area contributed by atoms with Gasteiger partial charge in [-0.1, -0.05) is 38.7 Å². The molecule has 0 aliphatic rings. The molecule has 0 aliphatic carbocycles. The molecule has 1 rings (SSSR count). The largest absolute Gasteiger partial charge is 0.477 e. The number of hydrogen-bond donors (Lipinski definition) is 1. The van der Waals surface area contributed by atoms with Crippen LogP contribution in [0.3, 0.4) is 0 Å². The number of hydrogen-bond acceptors (Lipinski definition) is 3. The molecule has 0 fully saturated rings. The molecule has 0 aliphatic heterocycles. The zero-order chi connectivity index (χ0) is 12.3. The summed E-state index contributed by atoms with van der Waals surface area (Å²) in [5.74, 6) is 0.775. The predicted octanol–water partition coefficient (Wildman–Crippen LogP) is 3.15. The summed E-state index contributed by atoms with van der Waals surface area (Å²) in [6, 6.07) is 4.00. The van der Waals surface area contributed by atoms with Gasteiger partial charge >= 0.3 is 0 Å². The summed E-state index contributed by atoms with van der Waals surface area (Å²) >= 11 is 0. The van der Waals surface area contributed by atoms with Gasteiger partial charge < -0.3 is 10.1 Å². The molecule has 0 radical (unpaired) electrons. The molecular weight excluding hydrogens is 212 g/mol. The number of ether oxygens (including phenoxy) is 1. The zero-order valence-electron chi connectivity index (χ0n) is 11.0. The quantitative estimate of drug-likeness (QED) is 0.669. The Balaban J connectivity index is 2.25. The van der Waals surface area contributed by atoms with Crippen molar-refractivity contribution in [3.63, 3.8) is 0 Å². The summed E-state index contributed by atoms with van der Waals surface area (Å²) in [4.78, 5) is 4.27. The Morgan fingerprint density at radius 3 is 2.82 bits per heavy atom. The maximum Gasteiger partial charge on any atom is 0.217 e. The molecule has 3 nitrogen and oxygen atoms in total. The van der Waals surface area contributed by atoms with Gasteiger partial charge in [0.25, 0.3) is 0 Å². The van der Waals surface area contributed by atoms with Crippen LogP contribution in [0.1, 0.15) is 44.6 Å². The Morgan fingerprint density at radius 1 is 1.24 bits per heavy atom. The number of rotatable bonds is 9. The van der Waals surface area contributed by atoms with Crippen molar-refractivity contribution < 1.29 is 4.74 Å². The molecule has 1 heterocycles. The molecule has 17 heavy (non-hydrogen) atoms. The van der Waals surface area contributed by atoms with Gasteiger partial charge in [-0.2, -0.15) is 0 Å². The summed E-state index contributed by atoms with van der Waals surface area (Å²) in [7, 11) is 1.93. The van der Waals surface area contributed by atoms with E-state index in [0.717, 1.165) is 31.0 Å². The summed E-state index contributed by atoms with van der Waals surface area (Å²) < 4.78 is 5.72. The normalized spacial score (nSPS) is 10.5. The Labute approximate surface area is 105 Å². The fraction of sp³-hybridized carbons (Fsp3) is 0.643. The summed E-state index contributed by atoms with van der Waals surface area (Å²) in [6.07, 6.45) is 8.08. The highest BCUT2D eigenvalue weighted by Gasteiger charge is 2.02. The molecule has 0 bridgehead atoms. The molecular formula is C14H24N2O. The second kappa shape index (κ2) is 8.99. The smallest absolute Gasteiger partial charge is 0.217 e. The molecule has 0 atom stereocenters. The molecule has 3 heteroatoms. The third kappa shape index (κ3) is 5.68. The van der Waals surface area contributed by atoms with Crippen LogP contribution in [0.25, 0.3) is 0 Å². The fourth-order valence-electron chi connectivity index (χ4n) is 1.75. The molecule has 0 saturated carbocycles. The van der Waals surface area contributed by atoms with Crippen LogP contribution in [0.2, 0.25) is 0 Å². The Bertz CT molecular complexity index is 302. The standard InChI is InChI=1S/C14H24N2O/c1-3-4-5-6-7-11-17-14-13(12-15-2)9-8-10-16-14/h8-10,15H,3-7,11-12H2,1-2H3. The first-order valence-corrected chi connectivity index (χ1v) is 6.59. The minimum absolute atomic E-state index is 0.775. The highest BCUT2D eigenvalue weighted by molar-refractivity contribution is 5.25. The maximum atomic E-state index is 5.72. The lowest BCUT2D eigenvalue weighted by Crippen LogP contribution is -2.09. The first-order valence-electron chi connectivity index (χ1n) is 6.59. The van der Waals surface area contributed by atoms with Crippen LogP contribution in [0, 0.1) is 0 Å². The third-order valence-electron chi connectivity index (χ3n) is 2.70. The summed E-state index contributed by atoms with van der Waals surface area (Å²) in [5.41, 5.74) is 1.13.